The first-order valence-corrected chi connectivity index (χ1v) is 14.9. The monoisotopic (exact) mass is 593 g/mol. The Labute approximate surface area is 261 Å². The maximum absolute atomic E-state index is 13.8. The van der Waals surface area contributed by atoms with E-state index in [4.69, 9.17) is 16.6 Å². The molecule has 1 atom stereocenters. The van der Waals surface area contributed by atoms with Crippen LogP contribution in [0.4, 0.5) is 0 Å². The first-order valence-electron chi connectivity index (χ1n) is 14.5. The number of fused-ring (bicyclic) bond motifs is 1. The summed E-state index contributed by atoms with van der Waals surface area (Å²) in [5.74, 6) is 0.0891. The normalized spacial score (nSPS) is 13.6. The summed E-state index contributed by atoms with van der Waals surface area (Å²) in [4.78, 5) is 33.9. The molecule has 6 heteroatoms. The van der Waals surface area contributed by atoms with Crippen LogP contribution in [0.2, 0.25) is 5.02 Å². The molecule has 1 unspecified atom stereocenters. The smallest absolute Gasteiger partial charge is 0.262 e. The van der Waals surface area contributed by atoms with E-state index in [0.717, 1.165) is 28.1 Å². The van der Waals surface area contributed by atoms with E-state index in [0.29, 0.717) is 16.1 Å². The van der Waals surface area contributed by atoms with Crippen molar-refractivity contribution in [3.63, 3.8) is 0 Å². The third kappa shape index (κ3) is 4.53. The Morgan fingerprint density at radius 2 is 1.07 bits per heavy atom. The fourth-order valence-electron chi connectivity index (χ4n) is 6.45. The molecule has 1 aliphatic rings. The molecule has 1 aromatic heterocycles. The molecule has 0 spiro atoms. The number of aromatic nitrogens is 2. The molecule has 5 nitrogen and oxygen atoms in total. The molecule has 0 radical (unpaired) electrons. The van der Waals surface area contributed by atoms with Crippen LogP contribution in [0.1, 0.15) is 54.8 Å². The number of imidazole rings is 1. The van der Waals surface area contributed by atoms with Crippen LogP contribution in [-0.4, -0.2) is 26.3 Å². The highest BCUT2D eigenvalue weighted by Crippen LogP contribution is 2.43. The maximum Gasteiger partial charge on any atom is 0.262 e. The average molecular weight is 594 g/mol. The molecular formula is C38H28ClN3O2. The first-order chi connectivity index (χ1) is 21.6. The Morgan fingerprint density at radius 1 is 0.614 bits per heavy atom. The SMILES string of the molecule is O=C1c2ccccc2C(=O)N1C(Cc1nccn1C(c1ccccc1)(c1ccccc1)c1ccccc1)c1ccc(Cl)cc1. The number of amides is 2. The lowest BCUT2D eigenvalue weighted by atomic mass is 9.76. The summed E-state index contributed by atoms with van der Waals surface area (Å²) in [6.45, 7) is 0. The Balaban J connectivity index is 1.44. The van der Waals surface area contributed by atoms with Gasteiger partial charge in [0.15, 0.2) is 0 Å². The van der Waals surface area contributed by atoms with E-state index >= 15 is 0 Å². The Morgan fingerprint density at radius 3 is 1.55 bits per heavy atom. The fraction of sp³-hybridized carbons (Fsp3) is 0.0789. The van der Waals surface area contributed by atoms with Crippen molar-refractivity contribution in [2.24, 2.45) is 0 Å². The first kappa shape index (κ1) is 27.6. The average Bonchev–Trinajstić information content (AvgIpc) is 3.64. The van der Waals surface area contributed by atoms with Crippen molar-refractivity contribution in [1.82, 2.24) is 14.5 Å². The van der Waals surface area contributed by atoms with Crippen LogP contribution in [0.3, 0.4) is 0 Å². The van der Waals surface area contributed by atoms with Crippen LogP contribution in [-0.2, 0) is 12.0 Å². The summed E-state index contributed by atoms with van der Waals surface area (Å²) in [6.07, 6.45) is 4.07. The number of hydrogen-bond donors (Lipinski definition) is 0. The molecule has 5 aromatic carbocycles. The Bertz CT molecular complexity index is 1810. The van der Waals surface area contributed by atoms with Gasteiger partial charge in [-0.1, -0.05) is 127 Å². The van der Waals surface area contributed by atoms with Crippen molar-refractivity contribution in [3.8, 4) is 0 Å². The molecule has 0 saturated carbocycles. The zero-order valence-corrected chi connectivity index (χ0v) is 24.5. The molecule has 214 valence electrons. The van der Waals surface area contributed by atoms with Gasteiger partial charge in [0.25, 0.3) is 11.8 Å². The van der Waals surface area contributed by atoms with Crippen molar-refractivity contribution in [1.29, 1.82) is 0 Å². The number of imide groups is 1. The summed E-state index contributed by atoms with van der Waals surface area (Å²) in [5, 5.41) is 0.576. The molecule has 44 heavy (non-hydrogen) atoms. The van der Waals surface area contributed by atoms with Crippen LogP contribution in [0.15, 0.2) is 152 Å². The highest BCUT2D eigenvalue weighted by Gasteiger charge is 2.43. The van der Waals surface area contributed by atoms with E-state index in [2.05, 4.69) is 41.0 Å². The standard InChI is InChI=1S/C38H28ClN3O2/c39-31-22-20-27(21-23-31)34(42-36(43)32-18-10-11-19-33(32)37(42)44)26-35-40-24-25-41(35)38(28-12-4-1-5-13-28,29-14-6-2-7-15-29)30-16-8-3-9-17-30/h1-25,34H,26H2. The lowest BCUT2D eigenvalue weighted by Gasteiger charge is -2.39. The Hall–Kier alpha value is -5.26. The number of carbonyl (C=O) groups excluding carboxylic acids is 2. The van der Waals surface area contributed by atoms with Crippen molar-refractivity contribution < 1.29 is 9.59 Å². The van der Waals surface area contributed by atoms with Crippen molar-refractivity contribution in [2.75, 3.05) is 0 Å². The number of halogens is 1. The zero-order chi connectivity index (χ0) is 30.1. The summed E-state index contributed by atoms with van der Waals surface area (Å²) in [6, 6.07) is 44.8. The quantitative estimate of drug-likeness (QED) is 0.133. The molecule has 2 heterocycles. The van der Waals surface area contributed by atoms with Gasteiger partial charge in [-0.05, 0) is 46.5 Å². The van der Waals surface area contributed by atoms with E-state index in [1.54, 1.807) is 42.6 Å². The zero-order valence-electron chi connectivity index (χ0n) is 23.8. The molecule has 0 bridgehead atoms. The van der Waals surface area contributed by atoms with Crippen LogP contribution in [0.25, 0.3) is 0 Å². The minimum atomic E-state index is -0.790. The predicted molar refractivity (Wildman–Crippen MR) is 172 cm³/mol. The number of carbonyl (C=O) groups is 2. The maximum atomic E-state index is 13.8. The third-order valence-corrected chi connectivity index (χ3v) is 8.67. The second kappa shape index (κ2) is 11.4. The second-order valence-corrected chi connectivity index (χ2v) is 11.3. The van der Waals surface area contributed by atoms with Crippen LogP contribution in [0.5, 0.6) is 0 Å². The van der Waals surface area contributed by atoms with Crippen LogP contribution in [0, 0.1) is 0 Å². The van der Waals surface area contributed by atoms with Crippen molar-refractivity contribution >= 4 is 23.4 Å². The molecule has 0 fully saturated rings. The number of nitrogens with zero attached hydrogens (tertiary/aromatic N) is 3. The molecule has 0 aliphatic carbocycles. The van der Waals surface area contributed by atoms with Crippen LogP contribution >= 0.6 is 11.6 Å². The van der Waals surface area contributed by atoms with Crippen molar-refractivity contribution in [3.05, 3.63) is 196 Å². The lowest BCUT2D eigenvalue weighted by molar-refractivity contribution is 0.0579. The van der Waals surface area contributed by atoms with Gasteiger partial charge in [-0.25, -0.2) is 4.98 Å². The molecule has 0 saturated heterocycles. The summed E-state index contributed by atoms with van der Waals surface area (Å²) in [7, 11) is 0. The minimum Gasteiger partial charge on any atom is -0.316 e. The summed E-state index contributed by atoms with van der Waals surface area (Å²) >= 11 is 6.27. The second-order valence-electron chi connectivity index (χ2n) is 10.8. The number of benzene rings is 5. The predicted octanol–water partition coefficient (Wildman–Crippen LogP) is 7.96. The van der Waals surface area contributed by atoms with Gasteiger partial charge < -0.3 is 4.57 Å². The molecule has 2 amide bonds. The van der Waals surface area contributed by atoms with Gasteiger partial charge in [-0.3, -0.25) is 14.5 Å². The van der Waals surface area contributed by atoms with Gasteiger partial charge in [-0.15, -0.1) is 0 Å². The molecule has 6 aromatic rings. The van der Waals surface area contributed by atoms with Crippen molar-refractivity contribution in [2.45, 2.75) is 18.0 Å². The topological polar surface area (TPSA) is 55.2 Å². The van der Waals surface area contributed by atoms with Gasteiger partial charge in [0.1, 0.15) is 11.4 Å². The van der Waals surface area contributed by atoms with E-state index in [-0.39, 0.29) is 18.2 Å². The molecule has 1 aliphatic heterocycles. The molecule has 7 rings (SSSR count). The third-order valence-electron chi connectivity index (χ3n) is 8.42. The van der Waals surface area contributed by atoms with E-state index in [1.165, 1.54) is 4.90 Å². The van der Waals surface area contributed by atoms with E-state index < -0.39 is 11.6 Å². The lowest BCUT2D eigenvalue weighted by Crippen LogP contribution is -2.40. The minimum absolute atomic E-state index is 0.286. The van der Waals surface area contributed by atoms with Gasteiger partial charge in [0, 0.05) is 23.8 Å². The van der Waals surface area contributed by atoms with Gasteiger partial charge in [-0.2, -0.15) is 0 Å². The highest BCUT2D eigenvalue weighted by atomic mass is 35.5. The fourth-order valence-corrected chi connectivity index (χ4v) is 6.58. The largest absolute Gasteiger partial charge is 0.316 e. The van der Waals surface area contributed by atoms with E-state index in [1.807, 2.05) is 72.9 Å². The Kier molecular flexibility index (Phi) is 7.17. The highest BCUT2D eigenvalue weighted by molar-refractivity contribution is 6.30. The van der Waals surface area contributed by atoms with E-state index in [9.17, 15) is 9.59 Å². The van der Waals surface area contributed by atoms with Crippen LogP contribution < -0.4 is 0 Å². The van der Waals surface area contributed by atoms with Gasteiger partial charge >= 0.3 is 0 Å². The van der Waals surface area contributed by atoms with Gasteiger partial charge in [0.05, 0.1) is 17.2 Å². The molecular weight excluding hydrogens is 566 g/mol. The number of hydrogen-bond acceptors (Lipinski definition) is 3. The number of rotatable bonds is 8. The summed E-state index contributed by atoms with van der Waals surface area (Å²) in [5.41, 5.74) is 3.99. The summed E-state index contributed by atoms with van der Waals surface area (Å²) < 4.78 is 2.19. The molecule has 0 N–H and O–H groups in total. The van der Waals surface area contributed by atoms with Gasteiger partial charge in [0.2, 0.25) is 0 Å².